The molecule has 0 saturated carbocycles. The zero-order valence-corrected chi connectivity index (χ0v) is 11.7. The normalized spacial score (nSPS) is 10.3. The first kappa shape index (κ1) is 16.2. The summed E-state index contributed by atoms with van der Waals surface area (Å²) in [6, 6.07) is 4.31. The fourth-order valence-electron chi connectivity index (χ4n) is 1.90. The van der Waals surface area contributed by atoms with Crippen LogP contribution in [-0.2, 0) is 4.79 Å². The molecule has 0 aliphatic rings. The number of carbonyl (C=O) groups is 1. The first-order valence-corrected chi connectivity index (χ1v) is 6.37. The molecule has 110 valence electrons. The lowest BCUT2D eigenvalue weighted by Crippen LogP contribution is -2.25. The molecule has 0 aromatic heterocycles. The molecule has 1 aromatic rings. The third kappa shape index (κ3) is 4.66. The number of nitro groups is 1. The molecule has 0 radical (unpaired) electrons. The van der Waals surface area contributed by atoms with Gasteiger partial charge in [0.1, 0.15) is 0 Å². The highest BCUT2D eigenvalue weighted by atomic mass is 16.6. The zero-order chi connectivity index (χ0) is 15.8. The Bertz CT molecular complexity index is 602. The van der Waals surface area contributed by atoms with Gasteiger partial charge in [-0.1, -0.05) is 12.8 Å². The van der Waals surface area contributed by atoms with Crippen LogP contribution in [-0.4, -0.2) is 29.1 Å². The van der Waals surface area contributed by atoms with Gasteiger partial charge in [-0.2, -0.15) is 0 Å². The molecule has 21 heavy (non-hydrogen) atoms. The Labute approximate surface area is 122 Å². The van der Waals surface area contributed by atoms with Gasteiger partial charge in [0.2, 0.25) is 0 Å². The minimum Gasteiger partial charge on any atom is -0.478 e. The summed E-state index contributed by atoms with van der Waals surface area (Å²) < 4.78 is 0. The van der Waals surface area contributed by atoms with Crippen molar-refractivity contribution in [1.82, 2.24) is 0 Å². The van der Waals surface area contributed by atoms with Crippen LogP contribution in [0.3, 0.4) is 0 Å². The van der Waals surface area contributed by atoms with E-state index in [4.69, 9.17) is 11.5 Å². The van der Waals surface area contributed by atoms with Gasteiger partial charge < -0.3 is 10.0 Å². The van der Waals surface area contributed by atoms with Gasteiger partial charge in [0.05, 0.1) is 11.5 Å². The zero-order valence-electron chi connectivity index (χ0n) is 11.7. The second kappa shape index (κ2) is 7.70. The molecule has 0 bridgehead atoms. The second-order valence-corrected chi connectivity index (χ2v) is 4.30. The summed E-state index contributed by atoms with van der Waals surface area (Å²) >= 11 is 0. The van der Waals surface area contributed by atoms with Crippen LogP contribution < -0.4 is 4.90 Å². The highest BCUT2D eigenvalue weighted by Crippen LogP contribution is 2.27. The summed E-state index contributed by atoms with van der Waals surface area (Å²) in [5.41, 5.74) is 1.04. The highest BCUT2D eigenvalue weighted by Gasteiger charge is 2.13. The van der Waals surface area contributed by atoms with Crippen LogP contribution in [0.2, 0.25) is 0 Å². The summed E-state index contributed by atoms with van der Waals surface area (Å²) in [5.74, 6) is 1.41. The van der Waals surface area contributed by atoms with Gasteiger partial charge in [-0.25, -0.2) is 4.79 Å². The monoisotopic (exact) mass is 288 g/mol. The topological polar surface area (TPSA) is 83.7 Å². The Kier molecular flexibility index (Phi) is 5.96. The van der Waals surface area contributed by atoms with Gasteiger partial charge in [0.15, 0.2) is 0 Å². The van der Waals surface area contributed by atoms with Crippen molar-refractivity contribution in [2.45, 2.75) is 13.3 Å². The van der Waals surface area contributed by atoms with E-state index in [1.807, 2.05) is 11.8 Å². The van der Waals surface area contributed by atoms with Crippen LogP contribution in [0.15, 0.2) is 24.3 Å². The molecule has 1 aromatic carbocycles. The summed E-state index contributed by atoms with van der Waals surface area (Å²) in [6.07, 6.45) is 8.47. The minimum absolute atomic E-state index is 0.0963. The maximum Gasteiger partial charge on any atom is 0.328 e. The molecule has 0 fully saturated rings. The van der Waals surface area contributed by atoms with E-state index in [-0.39, 0.29) is 5.69 Å². The summed E-state index contributed by atoms with van der Waals surface area (Å²) in [5, 5.41) is 19.6. The molecule has 6 nitrogen and oxygen atoms in total. The Hall–Kier alpha value is -2.81. The van der Waals surface area contributed by atoms with E-state index in [9.17, 15) is 14.9 Å². The van der Waals surface area contributed by atoms with Gasteiger partial charge >= 0.3 is 5.97 Å². The average Bonchev–Trinajstić information content (AvgIpc) is 2.44. The fraction of sp³-hybridized carbons (Fsp3) is 0.267. The van der Waals surface area contributed by atoms with Gasteiger partial charge in [0.25, 0.3) is 5.69 Å². The van der Waals surface area contributed by atoms with E-state index >= 15 is 0 Å². The summed E-state index contributed by atoms with van der Waals surface area (Å²) in [7, 11) is 0. The molecule has 0 spiro atoms. The number of nitrogens with zero attached hydrogens (tertiary/aromatic N) is 2. The lowest BCUT2D eigenvalue weighted by Gasteiger charge is -2.23. The highest BCUT2D eigenvalue weighted by molar-refractivity contribution is 5.87. The van der Waals surface area contributed by atoms with Crippen molar-refractivity contribution in [1.29, 1.82) is 0 Å². The lowest BCUT2D eigenvalue weighted by atomic mass is 10.1. The SMILES string of the molecule is C#CCN(CCC)c1ccc([N+](=O)[O-])cc1/C=C/C(=O)O. The molecule has 0 heterocycles. The van der Waals surface area contributed by atoms with Crippen molar-refractivity contribution in [3.05, 3.63) is 40.0 Å². The number of aliphatic carboxylic acids is 1. The number of terminal acetylenes is 1. The molecule has 6 heteroatoms. The van der Waals surface area contributed by atoms with Crippen LogP contribution in [0.25, 0.3) is 6.08 Å². The number of hydrogen-bond acceptors (Lipinski definition) is 4. The summed E-state index contributed by atoms with van der Waals surface area (Å²) in [6.45, 7) is 3.01. The van der Waals surface area contributed by atoms with E-state index < -0.39 is 10.9 Å². The van der Waals surface area contributed by atoms with Crippen molar-refractivity contribution in [3.8, 4) is 12.3 Å². The number of anilines is 1. The van der Waals surface area contributed by atoms with Gasteiger partial charge in [-0.05, 0) is 18.6 Å². The standard InChI is InChI=1S/C15H16N2O4/c1-3-9-16(10-4-2)14-7-6-13(17(20)21)11-12(14)5-8-15(18)19/h1,5-8,11H,4,9-10H2,2H3,(H,18,19)/b8-5+. The van der Waals surface area contributed by atoms with Crippen molar-refractivity contribution in [2.24, 2.45) is 0 Å². The molecule has 0 atom stereocenters. The number of carboxylic acid groups (broad SMARTS) is 1. The van der Waals surface area contributed by atoms with Crippen molar-refractivity contribution in [2.75, 3.05) is 18.0 Å². The number of carboxylic acids is 1. The lowest BCUT2D eigenvalue weighted by molar-refractivity contribution is -0.384. The Balaban J connectivity index is 3.31. The van der Waals surface area contributed by atoms with Crippen molar-refractivity contribution < 1.29 is 14.8 Å². The number of nitro benzene ring substituents is 1. The molecule has 1 rings (SSSR count). The average molecular weight is 288 g/mol. The molecule has 1 N–H and O–H groups in total. The molecular formula is C15H16N2O4. The van der Waals surface area contributed by atoms with Gasteiger partial charge in [0, 0.05) is 36.0 Å². The van der Waals surface area contributed by atoms with E-state index in [1.165, 1.54) is 18.2 Å². The number of benzene rings is 1. The first-order valence-electron chi connectivity index (χ1n) is 6.37. The van der Waals surface area contributed by atoms with E-state index in [0.717, 1.165) is 12.5 Å². The Morgan fingerprint density at radius 3 is 2.81 bits per heavy atom. The number of rotatable bonds is 7. The third-order valence-electron chi connectivity index (χ3n) is 2.74. The van der Waals surface area contributed by atoms with Crippen LogP contribution in [0, 0.1) is 22.5 Å². The Morgan fingerprint density at radius 1 is 1.57 bits per heavy atom. The molecule has 0 aliphatic carbocycles. The smallest absolute Gasteiger partial charge is 0.328 e. The van der Waals surface area contributed by atoms with Crippen molar-refractivity contribution in [3.63, 3.8) is 0 Å². The largest absolute Gasteiger partial charge is 0.478 e. The van der Waals surface area contributed by atoms with E-state index in [1.54, 1.807) is 6.07 Å². The molecular weight excluding hydrogens is 272 g/mol. The molecule has 0 aliphatic heterocycles. The fourth-order valence-corrected chi connectivity index (χ4v) is 1.90. The number of non-ortho nitro benzene ring substituents is 1. The first-order chi connectivity index (χ1) is 9.99. The van der Waals surface area contributed by atoms with Crippen LogP contribution in [0.4, 0.5) is 11.4 Å². The van der Waals surface area contributed by atoms with Gasteiger partial charge in [-0.3, -0.25) is 10.1 Å². The van der Waals surface area contributed by atoms with Crippen LogP contribution in [0.1, 0.15) is 18.9 Å². The molecule has 0 saturated heterocycles. The van der Waals surface area contributed by atoms with Crippen molar-refractivity contribution >= 4 is 23.4 Å². The van der Waals surface area contributed by atoms with Crippen LogP contribution >= 0.6 is 0 Å². The predicted octanol–water partition coefficient (Wildman–Crippen LogP) is 2.54. The quantitative estimate of drug-likeness (QED) is 0.361. The van der Waals surface area contributed by atoms with Gasteiger partial charge in [-0.15, -0.1) is 6.42 Å². The number of hydrogen-bond donors (Lipinski definition) is 1. The second-order valence-electron chi connectivity index (χ2n) is 4.30. The molecule has 0 amide bonds. The van der Waals surface area contributed by atoms with E-state index in [0.29, 0.717) is 24.3 Å². The minimum atomic E-state index is -1.12. The third-order valence-corrected chi connectivity index (χ3v) is 2.74. The van der Waals surface area contributed by atoms with Crippen LogP contribution in [0.5, 0.6) is 0 Å². The molecule has 0 unspecified atom stereocenters. The maximum absolute atomic E-state index is 10.8. The predicted molar refractivity (Wildman–Crippen MR) is 81.1 cm³/mol. The summed E-state index contributed by atoms with van der Waals surface area (Å²) in [4.78, 5) is 22.9. The maximum atomic E-state index is 10.8. The Morgan fingerprint density at radius 2 is 2.29 bits per heavy atom. The van der Waals surface area contributed by atoms with E-state index in [2.05, 4.69) is 5.92 Å².